The molecule has 0 atom stereocenters. The summed E-state index contributed by atoms with van der Waals surface area (Å²) in [6, 6.07) is 4.79. The highest BCUT2D eigenvalue weighted by atomic mass is 35.5. The number of esters is 1. The molecule has 98 valence electrons. The van der Waals surface area contributed by atoms with Crippen LogP contribution in [0.4, 0.5) is 5.69 Å². The van der Waals surface area contributed by atoms with E-state index in [-0.39, 0.29) is 11.6 Å². The third kappa shape index (κ3) is 3.11. The van der Waals surface area contributed by atoms with Gasteiger partial charge in [-0.25, -0.2) is 9.78 Å². The number of aromatic nitrogens is 2. The second-order valence-corrected chi connectivity index (χ2v) is 3.95. The molecule has 2 aromatic rings. The van der Waals surface area contributed by atoms with E-state index in [9.17, 15) is 4.79 Å². The molecule has 0 aliphatic carbocycles. The highest BCUT2D eigenvalue weighted by molar-refractivity contribution is 6.30. The van der Waals surface area contributed by atoms with E-state index in [0.717, 1.165) is 0 Å². The fraction of sp³-hybridized carbons (Fsp3) is 0.0833. The summed E-state index contributed by atoms with van der Waals surface area (Å²) in [5.74, 6) is -0.141. The van der Waals surface area contributed by atoms with Crippen molar-refractivity contribution in [2.75, 3.05) is 12.8 Å². The zero-order valence-corrected chi connectivity index (χ0v) is 10.7. The molecule has 0 bridgehead atoms. The largest absolute Gasteiger partial charge is 0.464 e. The predicted octanol–water partition coefficient (Wildman–Crippen LogP) is 2.29. The Balaban J connectivity index is 2.28. The van der Waals surface area contributed by atoms with Crippen molar-refractivity contribution >= 4 is 23.3 Å². The summed E-state index contributed by atoms with van der Waals surface area (Å²) >= 11 is 5.84. The number of rotatable bonds is 3. The Morgan fingerprint density at radius 2 is 2.16 bits per heavy atom. The summed E-state index contributed by atoms with van der Waals surface area (Å²) in [4.78, 5) is 19.1. The topological polar surface area (TPSA) is 87.3 Å². The van der Waals surface area contributed by atoms with Crippen molar-refractivity contribution in [1.29, 1.82) is 0 Å². The summed E-state index contributed by atoms with van der Waals surface area (Å²) < 4.78 is 9.98. The van der Waals surface area contributed by atoms with Crippen molar-refractivity contribution in [3.05, 3.63) is 41.3 Å². The van der Waals surface area contributed by atoms with E-state index in [2.05, 4.69) is 14.7 Å². The lowest BCUT2D eigenvalue weighted by molar-refractivity contribution is 0.0592. The third-order valence-corrected chi connectivity index (χ3v) is 2.43. The van der Waals surface area contributed by atoms with Crippen LogP contribution in [0.15, 0.2) is 30.6 Å². The van der Waals surface area contributed by atoms with Crippen LogP contribution in [0.2, 0.25) is 5.02 Å². The van der Waals surface area contributed by atoms with Crippen molar-refractivity contribution in [3.63, 3.8) is 0 Å². The molecule has 0 fully saturated rings. The van der Waals surface area contributed by atoms with Crippen LogP contribution in [0.25, 0.3) is 0 Å². The number of benzene rings is 1. The van der Waals surface area contributed by atoms with Crippen LogP contribution in [0.3, 0.4) is 0 Å². The minimum Gasteiger partial charge on any atom is -0.464 e. The van der Waals surface area contributed by atoms with Crippen LogP contribution < -0.4 is 10.5 Å². The molecular formula is C12H10ClN3O3. The lowest BCUT2D eigenvalue weighted by atomic mass is 10.3. The Morgan fingerprint density at radius 3 is 2.89 bits per heavy atom. The summed E-state index contributed by atoms with van der Waals surface area (Å²) in [7, 11) is 1.26. The van der Waals surface area contributed by atoms with Gasteiger partial charge in [0.15, 0.2) is 11.4 Å². The van der Waals surface area contributed by atoms with E-state index in [1.165, 1.54) is 19.5 Å². The van der Waals surface area contributed by atoms with Gasteiger partial charge in [-0.3, -0.25) is 4.98 Å². The van der Waals surface area contributed by atoms with Crippen LogP contribution in [0.1, 0.15) is 10.5 Å². The van der Waals surface area contributed by atoms with Crippen molar-refractivity contribution in [3.8, 4) is 11.6 Å². The lowest BCUT2D eigenvalue weighted by Gasteiger charge is -2.08. The number of methoxy groups -OCH3 is 1. The first-order valence-electron chi connectivity index (χ1n) is 5.23. The molecule has 1 aromatic heterocycles. The number of ether oxygens (including phenoxy) is 2. The minimum absolute atomic E-state index is 0.0422. The second kappa shape index (κ2) is 5.53. The Kier molecular flexibility index (Phi) is 3.82. The van der Waals surface area contributed by atoms with E-state index in [4.69, 9.17) is 22.1 Å². The van der Waals surface area contributed by atoms with Gasteiger partial charge in [0.25, 0.3) is 0 Å². The first-order valence-corrected chi connectivity index (χ1v) is 5.61. The van der Waals surface area contributed by atoms with Gasteiger partial charge >= 0.3 is 5.97 Å². The maximum Gasteiger partial charge on any atom is 0.358 e. The van der Waals surface area contributed by atoms with Crippen molar-refractivity contribution < 1.29 is 14.3 Å². The van der Waals surface area contributed by atoms with Gasteiger partial charge in [-0.1, -0.05) is 11.6 Å². The molecule has 1 heterocycles. The predicted molar refractivity (Wildman–Crippen MR) is 69.3 cm³/mol. The minimum atomic E-state index is -0.600. The van der Waals surface area contributed by atoms with Gasteiger partial charge in [0.1, 0.15) is 0 Å². The number of hydrogen-bond acceptors (Lipinski definition) is 6. The van der Waals surface area contributed by atoms with E-state index >= 15 is 0 Å². The number of carbonyl (C=O) groups is 1. The quantitative estimate of drug-likeness (QED) is 0.685. The molecule has 0 amide bonds. The number of anilines is 1. The van der Waals surface area contributed by atoms with Crippen molar-refractivity contribution in [1.82, 2.24) is 9.97 Å². The summed E-state index contributed by atoms with van der Waals surface area (Å²) in [6.07, 6.45) is 2.63. The Labute approximate surface area is 114 Å². The smallest absolute Gasteiger partial charge is 0.358 e. The lowest BCUT2D eigenvalue weighted by Crippen LogP contribution is -2.05. The van der Waals surface area contributed by atoms with Gasteiger partial charge < -0.3 is 15.2 Å². The number of carbonyl (C=O) groups excluding carboxylic acids is 1. The molecule has 1 aromatic carbocycles. The number of nitrogen functional groups attached to an aromatic ring is 1. The van der Waals surface area contributed by atoms with Gasteiger partial charge in [0.05, 0.1) is 25.2 Å². The standard InChI is InChI=1S/C12H10ClN3O3/c1-18-12(17)9-5-15-6-11(16-9)19-10-4-7(13)2-3-8(10)14/h2-6H,14H2,1H3. The summed E-state index contributed by atoms with van der Waals surface area (Å²) in [5.41, 5.74) is 6.18. The molecule has 0 radical (unpaired) electrons. The van der Waals surface area contributed by atoms with Crippen LogP contribution in [0, 0.1) is 0 Å². The molecule has 0 aliphatic rings. The first-order chi connectivity index (χ1) is 9.10. The van der Waals surface area contributed by atoms with E-state index < -0.39 is 5.97 Å². The molecular weight excluding hydrogens is 270 g/mol. The van der Waals surface area contributed by atoms with Crippen LogP contribution >= 0.6 is 11.6 Å². The van der Waals surface area contributed by atoms with Gasteiger partial charge in [-0.15, -0.1) is 0 Å². The average Bonchev–Trinajstić information content (AvgIpc) is 2.42. The Bertz CT molecular complexity index is 619. The average molecular weight is 280 g/mol. The maximum atomic E-state index is 11.3. The Morgan fingerprint density at radius 1 is 1.37 bits per heavy atom. The molecule has 2 N–H and O–H groups in total. The molecule has 0 spiro atoms. The van der Waals surface area contributed by atoms with Gasteiger partial charge in [-0.2, -0.15) is 0 Å². The first kappa shape index (κ1) is 13.1. The molecule has 2 rings (SSSR count). The van der Waals surface area contributed by atoms with Gasteiger partial charge in [-0.05, 0) is 12.1 Å². The fourth-order valence-electron chi connectivity index (χ4n) is 1.31. The molecule has 19 heavy (non-hydrogen) atoms. The molecule has 7 heteroatoms. The zero-order chi connectivity index (χ0) is 13.8. The van der Waals surface area contributed by atoms with Gasteiger partial charge in [0.2, 0.25) is 5.88 Å². The normalized spacial score (nSPS) is 10.0. The van der Waals surface area contributed by atoms with Crippen LogP contribution in [-0.2, 0) is 4.74 Å². The number of nitrogens with zero attached hydrogens (tertiary/aromatic N) is 2. The third-order valence-electron chi connectivity index (χ3n) is 2.20. The molecule has 0 aliphatic heterocycles. The Hall–Kier alpha value is -2.34. The molecule has 6 nitrogen and oxygen atoms in total. The van der Waals surface area contributed by atoms with E-state index in [0.29, 0.717) is 16.5 Å². The van der Waals surface area contributed by atoms with E-state index in [1.54, 1.807) is 18.2 Å². The maximum absolute atomic E-state index is 11.3. The highest BCUT2D eigenvalue weighted by Gasteiger charge is 2.10. The fourth-order valence-corrected chi connectivity index (χ4v) is 1.47. The molecule has 0 saturated carbocycles. The number of hydrogen-bond donors (Lipinski definition) is 1. The zero-order valence-electron chi connectivity index (χ0n) is 9.96. The SMILES string of the molecule is COC(=O)c1cncc(Oc2cc(Cl)ccc2N)n1. The summed E-state index contributed by atoms with van der Waals surface area (Å²) in [6.45, 7) is 0. The van der Waals surface area contributed by atoms with Gasteiger partial charge in [0, 0.05) is 11.1 Å². The molecule has 0 unspecified atom stereocenters. The number of nitrogens with two attached hydrogens (primary N) is 1. The van der Waals surface area contributed by atoms with E-state index in [1.807, 2.05) is 0 Å². The van der Waals surface area contributed by atoms with Crippen LogP contribution in [0.5, 0.6) is 11.6 Å². The number of halogens is 1. The highest BCUT2D eigenvalue weighted by Crippen LogP contribution is 2.29. The summed E-state index contributed by atoms with van der Waals surface area (Å²) in [5, 5.41) is 0.473. The van der Waals surface area contributed by atoms with Crippen molar-refractivity contribution in [2.45, 2.75) is 0 Å². The monoisotopic (exact) mass is 279 g/mol. The molecule has 0 saturated heterocycles. The van der Waals surface area contributed by atoms with Crippen molar-refractivity contribution in [2.24, 2.45) is 0 Å². The van der Waals surface area contributed by atoms with Crippen LogP contribution in [-0.4, -0.2) is 23.0 Å². The second-order valence-electron chi connectivity index (χ2n) is 3.52.